The Hall–Kier alpha value is -1.68. The van der Waals surface area contributed by atoms with Crippen LogP contribution in [0.5, 0.6) is 0 Å². The molecule has 0 saturated carbocycles. The molecule has 2 rings (SSSR count). The van der Waals surface area contributed by atoms with Crippen molar-refractivity contribution in [1.82, 2.24) is 10.3 Å². The van der Waals surface area contributed by atoms with Crippen LogP contribution in [0, 0.1) is 0 Å². The number of carbonyl (C=O) groups is 1. The van der Waals surface area contributed by atoms with Crippen LogP contribution in [-0.2, 0) is 17.8 Å². The Balaban J connectivity index is 1.97. The van der Waals surface area contributed by atoms with Crippen LogP contribution in [-0.4, -0.2) is 10.9 Å². The van der Waals surface area contributed by atoms with Crippen LogP contribution in [0.2, 0.25) is 0 Å². The van der Waals surface area contributed by atoms with Crippen molar-refractivity contribution in [2.75, 3.05) is 0 Å². The van der Waals surface area contributed by atoms with Crippen LogP contribution in [0.1, 0.15) is 23.2 Å². The third-order valence-electron chi connectivity index (χ3n) is 2.32. The average Bonchev–Trinajstić information content (AvgIpc) is 2.75. The third-order valence-corrected chi connectivity index (χ3v) is 3.21. The second-order valence-electron chi connectivity index (χ2n) is 3.80. The number of aromatic nitrogens is 1. The molecule has 0 aliphatic rings. The van der Waals surface area contributed by atoms with E-state index in [0.29, 0.717) is 6.54 Å². The van der Waals surface area contributed by atoms with Crippen LogP contribution < -0.4 is 5.32 Å². The van der Waals surface area contributed by atoms with Gasteiger partial charge in [-0.15, -0.1) is 11.3 Å². The van der Waals surface area contributed by atoms with Gasteiger partial charge < -0.3 is 5.32 Å². The Labute approximate surface area is 105 Å². The molecular weight excluding hydrogens is 232 g/mol. The van der Waals surface area contributed by atoms with Gasteiger partial charge >= 0.3 is 0 Å². The van der Waals surface area contributed by atoms with Crippen molar-refractivity contribution in [3.8, 4) is 0 Å². The smallest absolute Gasteiger partial charge is 0.217 e. The van der Waals surface area contributed by atoms with Crippen molar-refractivity contribution in [3.63, 3.8) is 0 Å². The second-order valence-corrected chi connectivity index (χ2v) is 4.75. The van der Waals surface area contributed by atoms with Crippen molar-refractivity contribution in [2.24, 2.45) is 0 Å². The quantitative estimate of drug-likeness (QED) is 0.900. The number of thiazole rings is 1. The van der Waals surface area contributed by atoms with E-state index in [9.17, 15) is 4.79 Å². The van der Waals surface area contributed by atoms with E-state index in [1.54, 1.807) is 11.3 Å². The summed E-state index contributed by atoms with van der Waals surface area (Å²) in [4.78, 5) is 15.3. The normalized spacial score (nSPS) is 10.2. The van der Waals surface area contributed by atoms with Gasteiger partial charge in [-0.05, 0) is 5.56 Å². The van der Waals surface area contributed by atoms with E-state index in [0.717, 1.165) is 17.1 Å². The summed E-state index contributed by atoms with van der Waals surface area (Å²) in [6, 6.07) is 10.2. The molecule has 0 unspecified atom stereocenters. The number of benzene rings is 1. The van der Waals surface area contributed by atoms with Gasteiger partial charge in [-0.1, -0.05) is 30.3 Å². The zero-order valence-electron chi connectivity index (χ0n) is 9.64. The predicted octanol–water partition coefficient (Wildman–Crippen LogP) is 2.37. The largest absolute Gasteiger partial charge is 0.351 e. The molecule has 0 bridgehead atoms. The number of hydrogen-bond donors (Lipinski definition) is 1. The van der Waals surface area contributed by atoms with Crippen molar-refractivity contribution in [1.29, 1.82) is 0 Å². The summed E-state index contributed by atoms with van der Waals surface area (Å²) in [5, 5.41) is 5.82. The van der Waals surface area contributed by atoms with E-state index in [2.05, 4.69) is 22.4 Å². The standard InChI is InChI=1S/C13H14N2OS/c1-10(16)14-8-12-9-17-13(15-12)7-11-5-3-2-4-6-11/h2-6,9H,7-8H2,1H3,(H,14,16). The molecule has 3 nitrogen and oxygen atoms in total. The summed E-state index contributed by atoms with van der Waals surface area (Å²) in [5.41, 5.74) is 2.18. The lowest BCUT2D eigenvalue weighted by atomic mass is 10.2. The number of rotatable bonds is 4. The molecule has 1 aromatic carbocycles. The fraction of sp³-hybridized carbons (Fsp3) is 0.231. The maximum absolute atomic E-state index is 10.8. The molecule has 4 heteroatoms. The highest BCUT2D eigenvalue weighted by molar-refractivity contribution is 7.09. The van der Waals surface area contributed by atoms with E-state index < -0.39 is 0 Å². The topological polar surface area (TPSA) is 42.0 Å². The lowest BCUT2D eigenvalue weighted by molar-refractivity contribution is -0.119. The molecule has 0 saturated heterocycles. The Morgan fingerprint density at radius 1 is 1.35 bits per heavy atom. The van der Waals surface area contributed by atoms with Crippen molar-refractivity contribution < 1.29 is 4.79 Å². The molecule has 17 heavy (non-hydrogen) atoms. The summed E-state index contributed by atoms with van der Waals surface area (Å²) < 4.78 is 0. The van der Waals surface area contributed by atoms with Gasteiger partial charge in [0.15, 0.2) is 0 Å². The van der Waals surface area contributed by atoms with Gasteiger partial charge in [0.1, 0.15) is 0 Å². The summed E-state index contributed by atoms with van der Waals surface area (Å²) in [6.45, 7) is 2.03. The summed E-state index contributed by atoms with van der Waals surface area (Å²) in [7, 11) is 0. The first-order valence-electron chi connectivity index (χ1n) is 5.45. The number of hydrogen-bond acceptors (Lipinski definition) is 3. The summed E-state index contributed by atoms with van der Waals surface area (Å²) >= 11 is 1.63. The second kappa shape index (κ2) is 5.59. The molecule has 0 aliphatic carbocycles. The average molecular weight is 246 g/mol. The summed E-state index contributed by atoms with van der Waals surface area (Å²) in [5.74, 6) is -0.0254. The van der Waals surface area contributed by atoms with Crippen molar-refractivity contribution >= 4 is 17.2 Å². The minimum absolute atomic E-state index is 0.0254. The van der Waals surface area contributed by atoms with Gasteiger partial charge in [0.25, 0.3) is 0 Å². The first kappa shape index (κ1) is 11.8. The molecule has 0 radical (unpaired) electrons. The van der Waals surface area contributed by atoms with Gasteiger partial charge in [-0.3, -0.25) is 4.79 Å². The van der Waals surface area contributed by atoms with Gasteiger partial charge in [0, 0.05) is 18.7 Å². The summed E-state index contributed by atoms with van der Waals surface area (Å²) in [6.07, 6.45) is 0.853. The van der Waals surface area contributed by atoms with Crippen LogP contribution in [0.25, 0.3) is 0 Å². The molecule has 1 aromatic heterocycles. The zero-order valence-corrected chi connectivity index (χ0v) is 10.5. The molecule has 0 spiro atoms. The highest BCUT2D eigenvalue weighted by Gasteiger charge is 2.03. The fourth-order valence-corrected chi connectivity index (χ4v) is 2.32. The van der Waals surface area contributed by atoms with Gasteiger partial charge in [-0.25, -0.2) is 4.98 Å². The van der Waals surface area contributed by atoms with Crippen molar-refractivity contribution in [2.45, 2.75) is 19.9 Å². The Kier molecular flexibility index (Phi) is 3.88. The third kappa shape index (κ3) is 3.67. The molecule has 1 amide bonds. The van der Waals surface area contributed by atoms with E-state index >= 15 is 0 Å². The van der Waals surface area contributed by atoms with E-state index in [-0.39, 0.29) is 5.91 Å². The number of carbonyl (C=O) groups excluding carboxylic acids is 1. The maximum atomic E-state index is 10.8. The lowest BCUT2D eigenvalue weighted by Crippen LogP contribution is -2.19. The van der Waals surface area contributed by atoms with Gasteiger partial charge in [0.2, 0.25) is 5.91 Å². The van der Waals surface area contributed by atoms with Crippen LogP contribution in [0.4, 0.5) is 0 Å². The van der Waals surface area contributed by atoms with Crippen LogP contribution in [0.15, 0.2) is 35.7 Å². The predicted molar refractivity (Wildman–Crippen MR) is 68.9 cm³/mol. The fourth-order valence-electron chi connectivity index (χ4n) is 1.50. The van der Waals surface area contributed by atoms with Gasteiger partial charge in [0.05, 0.1) is 17.2 Å². The first-order chi connectivity index (χ1) is 8.24. The SMILES string of the molecule is CC(=O)NCc1csc(Cc2ccccc2)n1. The molecule has 0 aliphatic heterocycles. The van der Waals surface area contributed by atoms with Gasteiger partial charge in [-0.2, -0.15) is 0 Å². The number of amides is 1. The van der Waals surface area contributed by atoms with Crippen LogP contribution >= 0.6 is 11.3 Å². The molecule has 88 valence electrons. The highest BCUT2D eigenvalue weighted by Crippen LogP contribution is 2.14. The van der Waals surface area contributed by atoms with E-state index in [4.69, 9.17) is 0 Å². The number of nitrogens with zero attached hydrogens (tertiary/aromatic N) is 1. The van der Waals surface area contributed by atoms with E-state index in [1.807, 2.05) is 23.6 Å². The molecule has 0 fully saturated rings. The Morgan fingerprint density at radius 2 is 2.12 bits per heavy atom. The van der Waals surface area contributed by atoms with E-state index in [1.165, 1.54) is 12.5 Å². The molecule has 0 atom stereocenters. The highest BCUT2D eigenvalue weighted by atomic mass is 32.1. The van der Waals surface area contributed by atoms with Crippen molar-refractivity contribution in [3.05, 3.63) is 52.0 Å². The number of nitrogens with one attached hydrogen (secondary N) is 1. The monoisotopic (exact) mass is 246 g/mol. The molecule has 1 heterocycles. The maximum Gasteiger partial charge on any atom is 0.217 e. The zero-order chi connectivity index (χ0) is 12.1. The Bertz CT molecular complexity index is 493. The lowest BCUT2D eigenvalue weighted by Gasteiger charge is -1.98. The van der Waals surface area contributed by atoms with Crippen LogP contribution in [0.3, 0.4) is 0 Å². The molecular formula is C13H14N2OS. The minimum atomic E-state index is -0.0254. The molecule has 2 aromatic rings. The minimum Gasteiger partial charge on any atom is -0.351 e. The Morgan fingerprint density at radius 3 is 2.82 bits per heavy atom. The first-order valence-corrected chi connectivity index (χ1v) is 6.33. The molecule has 1 N–H and O–H groups in total.